The number of nitrogens with one attached hydrogen (secondary N) is 1. The second-order valence-corrected chi connectivity index (χ2v) is 15.5. The number of phenols is 1. The van der Waals surface area contributed by atoms with E-state index in [2.05, 4.69) is 92.8 Å². The summed E-state index contributed by atoms with van der Waals surface area (Å²) < 4.78 is 8.33. The number of amides is 2. The van der Waals surface area contributed by atoms with E-state index in [1.54, 1.807) is 6.07 Å². The monoisotopic (exact) mass is 724 g/mol. The fourth-order valence-electron chi connectivity index (χ4n) is 9.25. The van der Waals surface area contributed by atoms with E-state index >= 15 is 0 Å². The molecule has 9 rings (SSSR count). The number of phenolic OH excluding ortho intramolecular Hbond substituents is 1. The lowest BCUT2D eigenvalue weighted by atomic mass is 9.79. The number of benzene rings is 4. The summed E-state index contributed by atoms with van der Waals surface area (Å²) in [5, 5.41) is 18.4. The van der Waals surface area contributed by atoms with Crippen LogP contribution in [0.1, 0.15) is 71.6 Å². The van der Waals surface area contributed by atoms with Gasteiger partial charge in [-0.05, 0) is 89.9 Å². The van der Waals surface area contributed by atoms with E-state index < -0.39 is 0 Å². The quantitative estimate of drug-likeness (QED) is 0.190. The van der Waals surface area contributed by atoms with Crippen LogP contribution in [0, 0.1) is 5.92 Å². The van der Waals surface area contributed by atoms with E-state index in [1.165, 1.54) is 40.9 Å². The Morgan fingerprint density at radius 3 is 2.30 bits per heavy atom. The smallest absolute Gasteiger partial charge is 0.235 e. The van der Waals surface area contributed by atoms with Crippen LogP contribution in [-0.2, 0) is 28.0 Å². The molecule has 3 saturated heterocycles. The molecule has 0 bridgehead atoms. The number of aromatic nitrogens is 2. The van der Waals surface area contributed by atoms with Crippen molar-refractivity contribution in [2.75, 3.05) is 55.6 Å². The van der Waals surface area contributed by atoms with E-state index in [9.17, 15) is 14.7 Å². The summed E-state index contributed by atoms with van der Waals surface area (Å²) in [6, 6.07) is 31.7. The Bertz CT molecular complexity index is 2150. The molecule has 10 nitrogen and oxygen atoms in total. The minimum absolute atomic E-state index is 0.0490. The molecule has 0 unspecified atom stereocenters. The Balaban J connectivity index is 0.797. The van der Waals surface area contributed by atoms with Crippen LogP contribution in [0.3, 0.4) is 0 Å². The summed E-state index contributed by atoms with van der Waals surface area (Å²) in [5.41, 5.74) is 8.91. The van der Waals surface area contributed by atoms with Crippen LogP contribution in [0.4, 0.5) is 11.4 Å². The molecule has 0 radical (unpaired) electrons. The number of hydrogen-bond donors (Lipinski definition) is 2. The first kappa shape index (κ1) is 34.6. The SMILES string of the molecule is Cn1nc([C@@H]2CCC(=O)NC2=O)c2ccc(N3CCN(CC4CCN(c5ccc([C@@H]6c7ccc(O)cc7CO[C@@H]6c6ccccc6)cc5)CC4)CC3)cc21. The minimum Gasteiger partial charge on any atom is -0.508 e. The topological polar surface area (TPSA) is 103 Å². The number of aromatic hydroxyl groups is 1. The summed E-state index contributed by atoms with van der Waals surface area (Å²) in [7, 11) is 1.93. The molecule has 2 amide bonds. The van der Waals surface area contributed by atoms with E-state index in [1.807, 2.05) is 23.9 Å². The average molecular weight is 725 g/mol. The maximum Gasteiger partial charge on any atom is 0.235 e. The highest BCUT2D eigenvalue weighted by molar-refractivity contribution is 6.02. The molecule has 5 heterocycles. The highest BCUT2D eigenvalue weighted by Gasteiger charge is 2.34. The van der Waals surface area contributed by atoms with Gasteiger partial charge in [-0.1, -0.05) is 48.5 Å². The van der Waals surface area contributed by atoms with Gasteiger partial charge in [-0.25, -0.2) is 0 Å². The van der Waals surface area contributed by atoms with E-state index in [-0.39, 0.29) is 35.5 Å². The molecule has 1 aromatic heterocycles. The van der Waals surface area contributed by atoms with Gasteiger partial charge in [0.25, 0.3) is 0 Å². The van der Waals surface area contributed by atoms with Crippen LogP contribution in [0.2, 0.25) is 0 Å². The number of rotatable bonds is 7. The number of piperidine rings is 2. The third-order valence-electron chi connectivity index (χ3n) is 12.2. The molecule has 2 N–H and O–H groups in total. The first-order chi connectivity index (χ1) is 26.4. The highest BCUT2D eigenvalue weighted by Crippen LogP contribution is 2.46. The number of piperazine rings is 1. The van der Waals surface area contributed by atoms with Gasteiger partial charge >= 0.3 is 0 Å². The van der Waals surface area contributed by atoms with Crippen molar-refractivity contribution < 1.29 is 19.4 Å². The number of ether oxygens (including phenoxy) is 1. The molecule has 0 aliphatic carbocycles. The van der Waals surface area contributed by atoms with Gasteiger partial charge in [0.15, 0.2) is 0 Å². The Morgan fingerprint density at radius 2 is 1.54 bits per heavy atom. The van der Waals surface area contributed by atoms with Crippen molar-refractivity contribution in [1.29, 1.82) is 0 Å². The third-order valence-corrected chi connectivity index (χ3v) is 12.2. The lowest BCUT2D eigenvalue weighted by molar-refractivity contribution is -0.134. The van der Waals surface area contributed by atoms with Crippen LogP contribution >= 0.6 is 0 Å². The molecule has 4 aliphatic heterocycles. The Hall–Kier alpha value is -5.19. The molecule has 4 aliphatic rings. The maximum absolute atomic E-state index is 12.6. The first-order valence-corrected chi connectivity index (χ1v) is 19.5. The van der Waals surface area contributed by atoms with Crippen molar-refractivity contribution in [2.24, 2.45) is 13.0 Å². The molecular weight excluding hydrogens is 677 g/mol. The summed E-state index contributed by atoms with van der Waals surface area (Å²) in [4.78, 5) is 31.9. The Labute approximate surface area is 316 Å². The van der Waals surface area contributed by atoms with Gasteiger partial charge < -0.3 is 19.6 Å². The van der Waals surface area contributed by atoms with Crippen LogP contribution < -0.4 is 15.1 Å². The number of nitrogens with zero attached hydrogens (tertiary/aromatic N) is 5. The molecule has 5 aromatic rings. The van der Waals surface area contributed by atoms with Crippen molar-refractivity contribution in [3.05, 3.63) is 119 Å². The standard InChI is InChI=1S/C44H48N6O4/c1-47-39-26-34(11-13-37(39)42(46-47)38-15-16-40(52)45-44(38)53)50-23-21-48(22-24-50)27-29-17-19-49(20-18-29)33-9-7-30(8-10-33)41-36-14-12-35(51)25-32(36)28-54-43(41)31-5-3-2-4-6-31/h2-14,25-26,29,38,41,43,51H,15-24,27-28H2,1H3,(H,45,52,53)/t38-,41+,43+/m0/s1. The number of fused-ring (bicyclic) bond motifs is 2. The van der Waals surface area contributed by atoms with Crippen molar-refractivity contribution in [1.82, 2.24) is 20.0 Å². The van der Waals surface area contributed by atoms with Gasteiger partial charge in [0.05, 0.1) is 29.8 Å². The van der Waals surface area contributed by atoms with Crippen molar-refractivity contribution >= 4 is 34.1 Å². The van der Waals surface area contributed by atoms with Gasteiger partial charge in [-0.2, -0.15) is 5.10 Å². The number of imide groups is 1. The molecule has 3 fully saturated rings. The zero-order chi connectivity index (χ0) is 36.8. The van der Waals surface area contributed by atoms with Gasteiger partial charge in [-0.3, -0.25) is 24.5 Å². The van der Waals surface area contributed by atoms with Crippen molar-refractivity contribution in [3.63, 3.8) is 0 Å². The lowest BCUT2D eigenvalue weighted by Gasteiger charge is -2.40. The van der Waals surface area contributed by atoms with Crippen molar-refractivity contribution in [2.45, 2.75) is 50.2 Å². The second kappa shape index (κ2) is 14.6. The predicted molar refractivity (Wildman–Crippen MR) is 210 cm³/mol. The molecular formula is C44H48N6O4. The Kier molecular flexibility index (Phi) is 9.32. The molecule has 54 heavy (non-hydrogen) atoms. The second-order valence-electron chi connectivity index (χ2n) is 15.5. The van der Waals surface area contributed by atoms with Crippen molar-refractivity contribution in [3.8, 4) is 5.75 Å². The summed E-state index contributed by atoms with van der Waals surface area (Å²) in [6.45, 7) is 7.83. The number of carbonyl (C=O) groups is 2. The molecule has 3 atom stereocenters. The van der Waals surface area contributed by atoms with Gasteiger partial charge in [0, 0.05) is 82.0 Å². The summed E-state index contributed by atoms with van der Waals surface area (Å²) in [6.07, 6.45) is 3.15. The molecule has 0 spiro atoms. The zero-order valence-corrected chi connectivity index (χ0v) is 30.9. The molecule has 278 valence electrons. The largest absolute Gasteiger partial charge is 0.508 e. The first-order valence-electron chi connectivity index (χ1n) is 19.5. The summed E-state index contributed by atoms with van der Waals surface area (Å²) in [5.74, 6) is 0.183. The van der Waals surface area contributed by atoms with Crippen LogP contribution in [0.15, 0.2) is 91.0 Å². The van der Waals surface area contributed by atoms with E-state index in [4.69, 9.17) is 9.84 Å². The van der Waals surface area contributed by atoms with Gasteiger partial charge in [0.1, 0.15) is 5.75 Å². The Morgan fingerprint density at radius 1 is 0.796 bits per heavy atom. The van der Waals surface area contributed by atoms with Crippen LogP contribution in [0.25, 0.3) is 10.9 Å². The van der Waals surface area contributed by atoms with Crippen LogP contribution in [-0.4, -0.2) is 77.4 Å². The summed E-state index contributed by atoms with van der Waals surface area (Å²) >= 11 is 0. The van der Waals surface area contributed by atoms with Gasteiger partial charge in [-0.15, -0.1) is 0 Å². The predicted octanol–water partition coefficient (Wildman–Crippen LogP) is 6.24. The van der Waals surface area contributed by atoms with Gasteiger partial charge in [0.2, 0.25) is 11.8 Å². The minimum atomic E-state index is -0.389. The fraction of sp³-hybridized carbons (Fsp3) is 0.386. The molecule has 0 saturated carbocycles. The number of hydrogen-bond acceptors (Lipinski definition) is 8. The van der Waals surface area contributed by atoms with E-state index in [0.717, 1.165) is 68.0 Å². The fourth-order valence-corrected chi connectivity index (χ4v) is 9.25. The number of anilines is 2. The maximum atomic E-state index is 12.6. The highest BCUT2D eigenvalue weighted by atomic mass is 16.5. The average Bonchev–Trinajstić information content (AvgIpc) is 3.53. The molecule has 4 aromatic carbocycles. The normalized spacial score (nSPS) is 22.7. The zero-order valence-electron chi connectivity index (χ0n) is 30.9. The lowest BCUT2D eigenvalue weighted by Crippen LogP contribution is -2.49. The molecule has 10 heteroatoms. The van der Waals surface area contributed by atoms with Crippen LogP contribution in [0.5, 0.6) is 5.75 Å². The third kappa shape index (κ3) is 6.73. The van der Waals surface area contributed by atoms with E-state index in [0.29, 0.717) is 25.4 Å². The number of carbonyl (C=O) groups excluding carboxylic acids is 2. The number of aryl methyl sites for hydroxylation is 1.